The zero-order valence-corrected chi connectivity index (χ0v) is 11.6. The van der Waals surface area contributed by atoms with Crippen molar-refractivity contribution in [2.45, 2.75) is 17.2 Å². The van der Waals surface area contributed by atoms with Crippen LogP contribution in [0.5, 0.6) is 0 Å². The van der Waals surface area contributed by atoms with Gasteiger partial charge in [-0.25, -0.2) is 14.8 Å². The van der Waals surface area contributed by atoms with Gasteiger partial charge in [0.1, 0.15) is 11.4 Å². The minimum Gasteiger partial charge on any atom is -0.459 e. The quantitative estimate of drug-likeness (QED) is 0.620. The van der Waals surface area contributed by atoms with Crippen molar-refractivity contribution in [3.8, 4) is 0 Å². The lowest BCUT2D eigenvalue weighted by Crippen LogP contribution is -2.04. The molecule has 0 spiro atoms. The molecule has 0 unspecified atom stereocenters. The number of aromatic nitrogens is 4. The first-order chi connectivity index (χ1) is 8.70. The maximum atomic E-state index is 11.3. The highest BCUT2D eigenvalue weighted by atomic mass is 79.9. The van der Waals surface area contributed by atoms with Crippen LogP contribution in [0.4, 0.5) is 0 Å². The largest absolute Gasteiger partial charge is 0.459 e. The van der Waals surface area contributed by atoms with E-state index >= 15 is 0 Å². The van der Waals surface area contributed by atoms with E-state index in [9.17, 15) is 4.79 Å². The molecule has 2 aromatic rings. The zero-order chi connectivity index (χ0) is 13.0. The molecule has 0 N–H and O–H groups in total. The van der Waals surface area contributed by atoms with Crippen molar-refractivity contribution in [3.63, 3.8) is 0 Å². The molecule has 7 nitrogen and oxygen atoms in total. The fourth-order valence-electron chi connectivity index (χ4n) is 0.986. The Labute approximate surface area is 114 Å². The van der Waals surface area contributed by atoms with E-state index in [1.165, 1.54) is 6.33 Å². The van der Waals surface area contributed by atoms with E-state index in [0.717, 1.165) is 11.8 Å². The van der Waals surface area contributed by atoms with Crippen LogP contribution in [-0.4, -0.2) is 32.7 Å². The molecular formula is C9H7BrN4O3S. The molecule has 0 aliphatic carbocycles. The first kappa shape index (κ1) is 13.0. The van der Waals surface area contributed by atoms with E-state index in [1.807, 2.05) is 0 Å². The van der Waals surface area contributed by atoms with Gasteiger partial charge >= 0.3 is 11.9 Å². The van der Waals surface area contributed by atoms with Crippen molar-refractivity contribution >= 4 is 33.7 Å². The second-order valence-electron chi connectivity index (χ2n) is 2.87. The van der Waals surface area contributed by atoms with Gasteiger partial charge in [-0.1, -0.05) is 5.10 Å². The molecule has 0 fully saturated rings. The number of nitrogens with zero attached hydrogens (tertiary/aromatic N) is 4. The van der Waals surface area contributed by atoms with Gasteiger partial charge in [-0.05, 0) is 34.6 Å². The molecule has 9 heteroatoms. The van der Waals surface area contributed by atoms with Crippen LogP contribution in [0.3, 0.4) is 0 Å². The van der Waals surface area contributed by atoms with Crippen LogP contribution in [0.25, 0.3) is 0 Å². The number of hydrogen-bond donors (Lipinski definition) is 0. The SMILES string of the molecule is CCOC(=O)c1nnc(Sc2ncncc2Br)o1. The van der Waals surface area contributed by atoms with Crippen molar-refractivity contribution in [2.75, 3.05) is 6.61 Å². The fourth-order valence-corrected chi connectivity index (χ4v) is 2.07. The number of hydrogen-bond acceptors (Lipinski definition) is 8. The monoisotopic (exact) mass is 330 g/mol. The zero-order valence-electron chi connectivity index (χ0n) is 9.16. The fraction of sp³-hybridized carbons (Fsp3) is 0.222. The summed E-state index contributed by atoms with van der Waals surface area (Å²) in [6.45, 7) is 1.95. The molecule has 0 atom stereocenters. The van der Waals surface area contributed by atoms with Gasteiger partial charge in [0.25, 0.3) is 5.22 Å². The molecule has 0 radical (unpaired) electrons. The molecule has 0 aliphatic rings. The molecule has 2 rings (SSSR count). The van der Waals surface area contributed by atoms with E-state index in [0.29, 0.717) is 9.50 Å². The molecular weight excluding hydrogens is 324 g/mol. The first-order valence-corrected chi connectivity index (χ1v) is 6.45. The van der Waals surface area contributed by atoms with Crippen molar-refractivity contribution < 1.29 is 13.9 Å². The molecule has 94 valence electrons. The number of carbonyl (C=O) groups excluding carboxylic acids is 1. The summed E-state index contributed by atoms with van der Waals surface area (Å²) in [5, 5.41) is 8.13. The molecule has 0 aromatic carbocycles. The van der Waals surface area contributed by atoms with Crippen LogP contribution in [-0.2, 0) is 4.74 Å². The summed E-state index contributed by atoms with van der Waals surface area (Å²) in [5.74, 6) is -0.817. The predicted octanol–water partition coefficient (Wildman–Crippen LogP) is 1.95. The third-order valence-corrected chi connectivity index (χ3v) is 3.38. The van der Waals surface area contributed by atoms with E-state index < -0.39 is 5.97 Å². The Bertz CT molecular complexity index is 562. The first-order valence-electron chi connectivity index (χ1n) is 4.84. The number of ether oxygens (including phenoxy) is 1. The van der Waals surface area contributed by atoms with Gasteiger partial charge in [0.05, 0.1) is 11.1 Å². The van der Waals surface area contributed by atoms with Gasteiger partial charge in [0, 0.05) is 6.20 Å². The molecule has 2 heterocycles. The standard InChI is InChI=1S/C9H7BrN4O3S/c1-2-16-8(15)6-13-14-9(17-6)18-7-5(10)3-11-4-12-7/h3-4H,2H2,1H3. The van der Waals surface area contributed by atoms with E-state index in [-0.39, 0.29) is 17.7 Å². The highest BCUT2D eigenvalue weighted by molar-refractivity contribution is 9.10. The van der Waals surface area contributed by atoms with E-state index in [1.54, 1.807) is 13.1 Å². The van der Waals surface area contributed by atoms with Gasteiger partial charge in [-0.15, -0.1) is 5.10 Å². The van der Waals surface area contributed by atoms with Crippen LogP contribution >= 0.6 is 27.7 Å². The van der Waals surface area contributed by atoms with Crippen molar-refractivity contribution in [2.24, 2.45) is 0 Å². The van der Waals surface area contributed by atoms with Crippen LogP contribution in [0.1, 0.15) is 17.6 Å². The molecule has 18 heavy (non-hydrogen) atoms. The summed E-state index contributed by atoms with van der Waals surface area (Å²) in [7, 11) is 0. The third-order valence-electron chi connectivity index (χ3n) is 1.67. The van der Waals surface area contributed by atoms with Crippen molar-refractivity contribution in [1.82, 2.24) is 20.2 Å². The molecule has 0 saturated carbocycles. The minimum atomic E-state index is -0.640. The third kappa shape index (κ3) is 3.05. The lowest BCUT2D eigenvalue weighted by atomic mass is 10.7. The number of halogens is 1. The van der Waals surface area contributed by atoms with Crippen LogP contribution in [0.2, 0.25) is 0 Å². The Morgan fingerprint density at radius 3 is 3.11 bits per heavy atom. The molecule has 2 aromatic heterocycles. The second kappa shape index (κ2) is 5.91. The normalized spacial score (nSPS) is 10.3. The van der Waals surface area contributed by atoms with E-state index in [4.69, 9.17) is 9.15 Å². The highest BCUT2D eigenvalue weighted by Crippen LogP contribution is 2.29. The van der Waals surface area contributed by atoms with Gasteiger partial charge in [-0.3, -0.25) is 0 Å². The molecule has 0 saturated heterocycles. The molecule has 0 aliphatic heterocycles. The topological polar surface area (TPSA) is 91.0 Å². The lowest BCUT2D eigenvalue weighted by Gasteiger charge is -1.97. The maximum absolute atomic E-state index is 11.3. The minimum absolute atomic E-state index is 0.176. The highest BCUT2D eigenvalue weighted by Gasteiger charge is 2.17. The predicted molar refractivity (Wildman–Crippen MR) is 64.1 cm³/mol. The Balaban J connectivity index is 2.12. The smallest absolute Gasteiger partial charge is 0.396 e. The maximum Gasteiger partial charge on any atom is 0.396 e. The van der Waals surface area contributed by atoms with Crippen LogP contribution in [0.15, 0.2) is 31.7 Å². The Morgan fingerprint density at radius 1 is 1.56 bits per heavy atom. The number of esters is 1. The summed E-state index contributed by atoms with van der Waals surface area (Å²) < 4.78 is 10.6. The van der Waals surface area contributed by atoms with Gasteiger partial charge < -0.3 is 9.15 Å². The van der Waals surface area contributed by atoms with Crippen molar-refractivity contribution in [3.05, 3.63) is 22.9 Å². The van der Waals surface area contributed by atoms with Gasteiger partial charge in [0.2, 0.25) is 0 Å². The average molecular weight is 331 g/mol. The van der Waals surface area contributed by atoms with Crippen molar-refractivity contribution in [1.29, 1.82) is 0 Å². The second-order valence-corrected chi connectivity index (χ2v) is 4.67. The Morgan fingerprint density at radius 2 is 2.39 bits per heavy atom. The summed E-state index contributed by atoms with van der Waals surface area (Å²) in [5.41, 5.74) is 0. The number of rotatable bonds is 4. The average Bonchev–Trinajstić information content (AvgIpc) is 2.81. The summed E-state index contributed by atoms with van der Waals surface area (Å²) in [6, 6.07) is 0. The lowest BCUT2D eigenvalue weighted by molar-refractivity contribution is 0.0475. The summed E-state index contributed by atoms with van der Waals surface area (Å²) >= 11 is 4.41. The Hall–Kier alpha value is -1.48. The van der Waals surface area contributed by atoms with E-state index in [2.05, 4.69) is 36.1 Å². The number of carbonyl (C=O) groups is 1. The molecule has 0 amide bonds. The van der Waals surface area contributed by atoms with Gasteiger partial charge in [0.15, 0.2) is 0 Å². The summed E-state index contributed by atoms with van der Waals surface area (Å²) in [6.07, 6.45) is 2.99. The molecule has 0 bridgehead atoms. The van der Waals surface area contributed by atoms with Crippen LogP contribution in [0, 0.1) is 0 Å². The Kier molecular flexibility index (Phi) is 4.26. The summed E-state index contributed by atoms with van der Waals surface area (Å²) in [4.78, 5) is 19.2. The van der Waals surface area contributed by atoms with Crippen LogP contribution < -0.4 is 0 Å². The van der Waals surface area contributed by atoms with Gasteiger partial charge in [-0.2, -0.15) is 0 Å².